The Morgan fingerprint density at radius 3 is 2.24 bits per heavy atom. The highest BCUT2D eigenvalue weighted by molar-refractivity contribution is 5.94. The Labute approximate surface area is 174 Å². The molecule has 5 nitrogen and oxygen atoms in total. The van der Waals surface area contributed by atoms with Crippen molar-refractivity contribution in [2.75, 3.05) is 43.1 Å². The molecular weight excluding hydrogens is 362 g/mol. The lowest BCUT2D eigenvalue weighted by Gasteiger charge is -2.57. The van der Waals surface area contributed by atoms with Crippen molar-refractivity contribution in [3.63, 3.8) is 0 Å². The number of carbonyl (C=O) groups is 1. The van der Waals surface area contributed by atoms with E-state index < -0.39 is 0 Å². The molecule has 1 saturated heterocycles. The molecule has 1 aliphatic heterocycles. The highest BCUT2D eigenvalue weighted by Crippen LogP contribution is 2.59. The van der Waals surface area contributed by atoms with Crippen LogP contribution >= 0.6 is 0 Å². The first kappa shape index (κ1) is 19.4. The fraction of sp³-hybridized carbons (Fsp3) is 0.708. The summed E-state index contributed by atoms with van der Waals surface area (Å²) in [6.07, 6.45) is 8.54. The minimum absolute atomic E-state index is 0.0638. The molecule has 0 spiro atoms. The van der Waals surface area contributed by atoms with Gasteiger partial charge < -0.3 is 20.3 Å². The molecule has 1 heterocycles. The lowest BCUT2D eigenvalue weighted by molar-refractivity contribution is -0.118. The van der Waals surface area contributed by atoms with Crippen molar-refractivity contribution < 1.29 is 9.53 Å². The molecule has 5 fully saturated rings. The van der Waals surface area contributed by atoms with Gasteiger partial charge >= 0.3 is 0 Å². The summed E-state index contributed by atoms with van der Waals surface area (Å²) >= 11 is 0. The van der Waals surface area contributed by atoms with Crippen molar-refractivity contribution in [1.29, 1.82) is 0 Å². The van der Waals surface area contributed by atoms with Crippen LogP contribution in [0.3, 0.4) is 0 Å². The number of anilines is 2. The molecule has 6 rings (SSSR count). The number of rotatable bonds is 6. The Balaban J connectivity index is 1.13. The van der Waals surface area contributed by atoms with Crippen LogP contribution in [0.15, 0.2) is 24.3 Å². The van der Waals surface area contributed by atoms with Crippen LogP contribution in [0.4, 0.5) is 11.4 Å². The Kier molecular flexibility index (Phi) is 5.29. The smallest absolute Gasteiger partial charge is 0.241 e. The molecule has 0 radical (unpaired) electrons. The number of nitrogens with zero attached hydrogens (tertiary/aromatic N) is 1. The molecule has 4 saturated carbocycles. The summed E-state index contributed by atoms with van der Waals surface area (Å²) in [6.45, 7) is 6.42. The van der Waals surface area contributed by atoms with Crippen LogP contribution < -0.4 is 15.5 Å². The van der Waals surface area contributed by atoms with E-state index in [-0.39, 0.29) is 11.9 Å². The first-order valence-electron chi connectivity index (χ1n) is 11.6. The van der Waals surface area contributed by atoms with E-state index in [1.54, 1.807) is 0 Å². The molecule has 4 aliphatic carbocycles. The molecule has 1 atom stereocenters. The van der Waals surface area contributed by atoms with E-state index in [1.165, 1.54) is 44.2 Å². The Bertz CT molecular complexity index is 691. The van der Waals surface area contributed by atoms with Crippen LogP contribution in [0.25, 0.3) is 0 Å². The van der Waals surface area contributed by atoms with Crippen LogP contribution in [0.2, 0.25) is 0 Å². The zero-order valence-corrected chi connectivity index (χ0v) is 17.7. The minimum atomic E-state index is -0.165. The lowest BCUT2D eigenvalue weighted by atomic mass is 9.49. The fourth-order valence-corrected chi connectivity index (χ4v) is 6.80. The molecule has 1 aromatic carbocycles. The third-order valence-corrected chi connectivity index (χ3v) is 7.85. The average molecular weight is 398 g/mol. The van der Waals surface area contributed by atoms with Crippen molar-refractivity contribution in [2.24, 2.45) is 23.2 Å². The van der Waals surface area contributed by atoms with E-state index in [2.05, 4.69) is 27.7 Å². The highest BCUT2D eigenvalue weighted by Gasteiger charge is 2.50. The summed E-state index contributed by atoms with van der Waals surface area (Å²) < 4.78 is 5.42. The third kappa shape index (κ3) is 4.17. The van der Waals surface area contributed by atoms with Gasteiger partial charge in [0, 0.05) is 31.0 Å². The zero-order valence-electron chi connectivity index (χ0n) is 17.7. The van der Waals surface area contributed by atoms with Crippen LogP contribution in [0.5, 0.6) is 0 Å². The number of benzene rings is 1. The molecule has 4 bridgehead atoms. The van der Waals surface area contributed by atoms with Crippen LogP contribution in [-0.2, 0) is 9.53 Å². The summed E-state index contributed by atoms with van der Waals surface area (Å²) in [5.74, 6) is 2.93. The molecule has 158 valence electrons. The van der Waals surface area contributed by atoms with Crippen molar-refractivity contribution in [2.45, 2.75) is 51.5 Å². The van der Waals surface area contributed by atoms with Gasteiger partial charge in [0.15, 0.2) is 0 Å². The standard InChI is InChI=1S/C24H35N3O2/c1-17(25-16-24-13-18-10-19(14-24)12-20(11-18)15-24)23(28)26-21-2-4-22(5-3-21)27-6-8-29-9-7-27/h2-5,17-20,25H,6-16H2,1H3,(H,26,28)/t17-,18?,19?,20?,24?/m1/s1. The minimum Gasteiger partial charge on any atom is -0.378 e. The van der Waals surface area contributed by atoms with E-state index in [0.29, 0.717) is 5.41 Å². The van der Waals surface area contributed by atoms with E-state index >= 15 is 0 Å². The number of amides is 1. The van der Waals surface area contributed by atoms with Gasteiger partial charge in [0.1, 0.15) is 0 Å². The number of hydrogen-bond donors (Lipinski definition) is 2. The molecule has 5 heteroatoms. The maximum atomic E-state index is 12.7. The second-order valence-electron chi connectivity index (χ2n) is 10.2. The molecule has 29 heavy (non-hydrogen) atoms. The molecule has 5 aliphatic rings. The number of nitrogens with one attached hydrogen (secondary N) is 2. The first-order valence-corrected chi connectivity index (χ1v) is 11.6. The molecule has 0 aromatic heterocycles. The van der Waals surface area contributed by atoms with Crippen LogP contribution in [-0.4, -0.2) is 44.8 Å². The van der Waals surface area contributed by atoms with Gasteiger partial charge in [0.2, 0.25) is 5.91 Å². The van der Waals surface area contributed by atoms with Crippen LogP contribution in [0.1, 0.15) is 45.4 Å². The lowest BCUT2D eigenvalue weighted by Crippen LogP contribution is -2.52. The summed E-state index contributed by atoms with van der Waals surface area (Å²) in [5, 5.41) is 6.67. The number of hydrogen-bond acceptors (Lipinski definition) is 4. The highest BCUT2D eigenvalue weighted by atomic mass is 16.5. The van der Waals surface area contributed by atoms with Crippen molar-refractivity contribution >= 4 is 17.3 Å². The fourth-order valence-electron chi connectivity index (χ4n) is 6.80. The molecule has 1 amide bonds. The van der Waals surface area contributed by atoms with Gasteiger partial charge in [-0.3, -0.25) is 4.79 Å². The monoisotopic (exact) mass is 397 g/mol. The van der Waals surface area contributed by atoms with E-state index in [9.17, 15) is 4.79 Å². The Morgan fingerprint density at radius 1 is 1.07 bits per heavy atom. The van der Waals surface area contributed by atoms with E-state index in [4.69, 9.17) is 4.74 Å². The van der Waals surface area contributed by atoms with Crippen molar-refractivity contribution in [1.82, 2.24) is 5.32 Å². The molecule has 0 unspecified atom stereocenters. The van der Waals surface area contributed by atoms with Gasteiger partial charge in [-0.05, 0) is 92.9 Å². The number of carbonyl (C=O) groups excluding carboxylic acids is 1. The molecule has 2 N–H and O–H groups in total. The first-order chi connectivity index (χ1) is 14.1. The summed E-state index contributed by atoms with van der Waals surface area (Å²) in [6, 6.07) is 8.04. The largest absolute Gasteiger partial charge is 0.378 e. The Hall–Kier alpha value is -1.59. The SMILES string of the molecule is C[C@@H](NCC12CC3CC(CC(C3)C1)C2)C(=O)Nc1ccc(N2CCOCC2)cc1. The van der Waals surface area contributed by atoms with Gasteiger partial charge in [-0.15, -0.1) is 0 Å². The van der Waals surface area contributed by atoms with Crippen LogP contribution in [0, 0.1) is 23.2 Å². The summed E-state index contributed by atoms with van der Waals surface area (Å²) in [5.41, 5.74) is 2.53. The number of morpholine rings is 1. The molecular formula is C24H35N3O2. The van der Waals surface area contributed by atoms with Gasteiger partial charge in [-0.25, -0.2) is 0 Å². The van der Waals surface area contributed by atoms with Gasteiger partial charge in [-0.2, -0.15) is 0 Å². The van der Waals surface area contributed by atoms with Gasteiger partial charge in [-0.1, -0.05) is 0 Å². The van der Waals surface area contributed by atoms with Crippen molar-refractivity contribution in [3.05, 3.63) is 24.3 Å². The maximum Gasteiger partial charge on any atom is 0.241 e. The van der Waals surface area contributed by atoms with E-state index in [0.717, 1.165) is 56.3 Å². The third-order valence-electron chi connectivity index (χ3n) is 7.85. The van der Waals surface area contributed by atoms with Gasteiger partial charge in [0.25, 0.3) is 0 Å². The van der Waals surface area contributed by atoms with Crippen molar-refractivity contribution in [3.8, 4) is 0 Å². The Morgan fingerprint density at radius 2 is 1.66 bits per heavy atom. The predicted molar refractivity (Wildman–Crippen MR) is 116 cm³/mol. The average Bonchev–Trinajstić information content (AvgIpc) is 2.72. The topological polar surface area (TPSA) is 53.6 Å². The zero-order chi connectivity index (χ0) is 19.8. The summed E-state index contributed by atoms with van der Waals surface area (Å²) in [7, 11) is 0. The second kappa shape index (κ2) is 7.92. The summed E-state index contributed by atoms with van der Waals surface area (Å²) in [4.78, 5) is 15.0. The second-order valence-corrected chi connectivity index (χ2v) is 10.2. The predicted octanol–water partition coefficient (Wildman–Crippen LogP) is 3.66. The molecule has 1 aromatic rings. The quantitative estimate of drug-likeness (QED) is 0.769. The maximum absolute atomic E-state index is 12.7. The normalized spacial score (nSPS) is 34.2. The number of ether oxygens (including phenoxy) is 1. The van der Waals surface area contributed by atoms with Gasteiger partial charge in [0.05, 0.1) is 19.3 Å². The van der Waals surface area contributed by atoms with E-state index in [1.807, 2.05) is 19.1 Å².